The number of nitrogens with one attached hydrogen (secondary N) is 1. The van der Waals surface area contributed by atoms with Crippen molar-refractivity contribution in [2.24, 2.45) is 5.92 Å². The molecule has 0 bridgehead atoms. The van der Waals surface area contributed by atoms with E-state index in [2.05, 4.69) is 46.4 Å². The smallest absolute Gasteiger partial charge is 0.0474 e. The van der Waals surface area contributed by atoms with Gasteiger partial charge in [0, 0.05) is 23.7 Å². The lowest BCUT2D eigenvalue weighted by molar-refractivity contribution is 0.152. The fourth-order valence-electron chi connectivity index (χ4n) is 2.76. The van der Waals surface area contributed by atoms with Crippen molar-refractivity contribution in [3.8, 4) is 0 Å². The fourth-order valence-corrected chi connectivity index (χ4v) is 3.01. The molecule has 0 radical (unpaired) electrons. The number of hydrogen-bond acceptors (Lipinski definition) is 2. The average molecular weight is 312 g/mol. The molecule has 2 nitrogen and oxygen atoms in total. The Kier molecular flexibility index (Phi) is 5.22. The predicted molar refractivity (Wildman–Crippen MR) is 78.6 cm³/mol. The van der Waals surface area contributed by atoms with Gasteiger partial charge in [-0.05, 0) is 42.9 Å². The second-order valence-corrected chi connectivity index (χ2v) is 6.15. The lowest BCUT2D eigenvalue weighted by atomic mass is 9.85. The van der Waals surface area contributed by atoms with E-state index in [1.807, 2.05) is 0 Å². The Morgan fingerprint density at radius 3 is 2.83 bits per heavy atom. The van der Waals surface area contributed by atoms with Gasteiger partial charge in [0.2, 0.25) is 0 Å². The first kappa shape index (κ1) is 14.0. The van der Waals surface area contributed by atoms with Gasteiger partial charge in [0.15, 0.2) is 0 Å². The third kappa shape index (κ3) is 3.56. The molecule has 1 aliphatic carbocycles. The Balaban J connectivity index is 1.91. The second-order valence-electron chi connectivity index (χ2n) is 5.30. The monoisotopic (exact) mass is 311 g/mol. The van der Waals surface area contributed by atoms with Gasteiger partial charge in [-0.15, -0.1) is 0 Å². The first-order valence-corrected chi connectivity index (χ1v) is 7.59. The summed E-state index contributed by atoms with van der Waals surface area (Å²) in [6, 6.07) is 6.96. The minimum atomic E-state index is 0.317. The molecule has 0 saturated heterocycles. The molecule has 2 N–H and O–H groups in total. The number of aryl methyl sites for hydroxylation is 1. The number of hydrogen-bond donors (Lipinski definition) is 2. The summed E-state index contributed by atoms with van der Waals surface area (Å²) in [7, 11) is 0. The highest BCUT2D eigenvalue weighted by atomic mass is 79.9. The van der Waals surface area contributed by atoms with Crippen molar-refractivity contribution in [2.45, 2.75) is 45.2 Å². The van der Waals surface area contributed by atoms with Gasteiger partial charge >= 0.3 is 0 Å². The molecule has 2 rings (SSSR count). The van der Waals surface area contributed by atoms with Crippen LogP contribution in [0, 0.1) is 12.8 Å². The quantitative estimate of drug-likeness (QED) is 0.893. The summed E-state index contributed by atoms with van der Waals surface area (Å²) in [6.07, 6.45) is 4.91. The first-order chi connectivity index (χ1) is 8.70. The van der Waals surface area contributed by atoms with E-state index in [0.29, 0.717) is 18.6 Å². The van der Waals surface area contributed by atoms with E-state index in [4.69, 9.17) is 0 Å². The highest BCUT2D eigenvalue weighted by Gasteiger charge is 2.23. The van der Waals surface area contributed by atoms with E-state index in [1.165, 1.54) is 30.4 Å². The van der Waals surface area contributed by atoms with Crippen LogP contribution >= 0.6 is 15.9 Å². The van der Waals surface area contributed by atoms with Crippen LogP contribution in [0.5, 0.6) is 0 Å². The molecular formula is C15H22BrNO. The summed E-state index contributed by atoms with van der Waals surface area (Å²) < 4.78 is 1.16. The van der Waals surface area contributed by atoms with Gasteiger partial charge in [0.25, 0.3) is 0 Å². The number of aliphatic hydroxyl groups excluding tert-OH is 1. The average Bonchev–Trinajstić information content (AvgIpc) is 2.40. The molecule has 0 aromatic heterocycles. The second kappa shape index (κ2) is 6.69. The van der Waals surface area contributed by atoms with Crippen molar-refractivity contribution in [3.63, 3.8) is 0 Å². The van der Waals surface area contributed by atoms with Crippen molar-refractivity contribution in [1.82, 2.24) is 5.32 Å². The van der Waals surface area contributed by atoms with Crippen molar-refractivity contribution < 1.29 is 5.11 Å². The molecule has 0 spiro atoms. The summed E-state index contributed by atoms with van der Waals surface area (Å²) in [5.41, 5.74) is 2.59. The van der Waals surface area contributed by atoms with Crippen molar-refractivity contribution in [1.29, 1.82) is 0 Å². The molecule has 2 atom stereocenters. The van der Waals surface area contributed by atoms with Crippen LogP contribution in [0.25, 0.3) is 0 Å². The normalized spacial score (nSPS) is 24.2. The van der Waals surface area contributed by atoms with E-state index in [1.54, 1.807) is 0 Å². The van der Waals surface area contributed by atoms with Crippen LogP contribution < -0.4 is 5.32 Å². The Morgan fingerprint density at radius 1 is 1.33 bits per heavy atom. The predicted octanol–water partition coefficient (Wildman–Crippen LogP) is 3.40. The molecule has 1 aromatic rings. The zero-order valence-corrected chi connectivity index (χ0v) is 12.5. The molecule has 1 saturated carbocycles. The van der Waals surface area contributed by atoms with Crippen LogP contribution in [-0.2, 0) is 6.54 Å². The Morgan fingerprint density at radius 2 is 2.11 bits per heavy atom. The molecule has 2 unspecified atom stereocenters. The van der Waals surface area contributed by atoms with E-state index in [9.17, 15) is 5.11 Å². The van der Waals surface area contributed by atoms with Crippen molar-refractivity contribution in [3.05, 3.63) is 33.8 Å². The number of benzene rings is 1. The van der Waals surface area contributed by atoms with E-state index < -0.39 is 0 Å². The minimum Gasteiger partial charge on any atom is -0.396 e. The zero-order chi connectivity index (χ0) is 13.0. The summed E-state index contributed by atoms with van der Waals surface area (Å²) in [5, 5.41) is 13.0. The number of aliphatic hydroxyl groups is 1. The molecule has 0 aliphatic heterocycles. The van der Waals surface area contributed by atoms with Gasteiger partial charge < -0.3 is 10.4 Å². The first-order valence-electron chi connectivity index (χ1n) is 6.80. The Labute approximate surface area is 118 Å². The number of rotatable bonds is 4. The van der Waals surface area contributed by atoms with Gasteiger partial charge in [-0.25, -0.2) is 0 Å². The maximum atomic E-state index is 9.39. The maximum absolute atomic E-state index is 9.39. The summed E-state index contributed by atoms with van der Waals surface area (Å²) in [5.74, 6) is 0.440. The molecule has 3 heteroatoms. The molecule has 0 amide bonds. The maximum Gasteiger partial charge on any atom is 0.0474 e. The largest absolute Gasteiger partial charge is 0.396 e. The summed E-state index contributed by atoms with van der Waals surface area (Å²) >= 11 is 3.52. The molecule has 18 heavy (non-hydrogen) atoms. The van der Waals surface area contributed by atoms with Gasteiger partial charge in [-0.3, -0.25) is 0 Å². The minimum absolute atomic E-state index is 0.317. The Hall–Kier alpha value is -0.380. The van der Waals surface area contributed by atoms with Crippen LogP contribution in [0.1, 0.15) is 36.8 Å². The van der Waals surface area contributed by atoms with Crippen molar-refractivity contribution >= 4 is 15.9 Å². The van der Waals surface area contributed by atoms with Crippen LogP contribution in [0.4, 0.5) is 0 Å². The van der Waals surface area contributed by atoms with Gasteiger partial charge in [-0.2, -0.15) is 0 Å². The zero-order valence-electron chi connectivity index (χ0n) is 11.0. The van der Waals surface area contributed by atoms with Crippen LogP contribution in [0.15, 0.2) is 22.7 Å². The van der Waals surface area contributed by atoms with E-state index >= 15 is 0 Å². The molecule has 1 fully saturated rings. The third-order valence-electron chi connectivity index (χ3n) is 3.93. The van der Waals surface area contributed by atoms with Crippen LogP contribution in [0.3, 0.4) is 0 Å². The molecule has 1 aromatic carbocycles. The third-order valence-corrected chi connectivity index (χ3v) is 4.82. The molecule has 0 heterocycles. The number of halogens is 1. The van der Waals surface area contributed by atoms with Gasteiger partial charge in [0.05, 0.1) is 0 Å². The van der Waals surface area contributed by atoms with E-state index in [-0.39, 0.29) is 0 Å². The van der Waals surface area contributed by atoms with Crippen molar-refractivity contribution in [2.75, 3.05) is 6.61 Å². The SMILES string of the molecule is Cc1cc(CNC2CCCCC2CO)ccc1Br. The highest BCUT2D eigenvalue weighted by Crippen LogP contribution is 2.24. The lowest BCUT2D eigenvalue weighted by Crippen LogP contribution is -2.39. The fraction of sp³-hybridized carbons (Fsp3) is 0.600. The summed E-state index contributed by atoms with van der Waals surface area (Å²) in [6.45, 7) is 3.33. The van der Waals surface area contributed by atoms with Gasteiger partial charge in [-0.1, -0.05) is 40.9 Å². The van der Waals surface area contributed by atoms with E-state index in [0.717, 1.165) is 17.4 Å². The molecule has 1 aliphatic rings. The lowest BCUT2D eigenvalue weighted by Gasteiger charge is -2.31. The Bertz CT molecular complexity index is 394. The highest BCUT2D eigenvalue weighted by molar-refractivity contribution is 9.10. The standard InChI is InChI=1S/C15H22BrNO/c1-11-8-12(6-7-14(11)16)9-17-15-5-3-2-4-13(15)10-18/h6-8,13,15,17-18H,2-5,9-10H2,1H3. The van der Waals surface area contributed by atoms with Crippen LogP contribution in [-0.4, -0.2) is 17.8 Å². The summed E-state index contributed by atoms with van der Waals surface area (Å²) in [4.78, 5) is 0. The van der Waals surface area contributed by atoms with Crippen LogP contribution in [0.2, 0.25) is 0 Å². The van der Waals surface area contributed by atoms with Gasteiger partial charge in [0.1, 0.15) is 0 Å². The molecule has 100 valence electrons. The molecular weight excluding hydrogens is 290 g/mol. The topological polar surface area (TPSA) is 32.3 Å².